The van der Waals surface area contributed by atoms with Crippen LogP contribution >= 0.6 is 0 Å². The summed E-state index contributed by atoms with van der Waals surface area (Å²) in [6.07, 6.45) is 0.662. The zero-order chi connectivity index (χ0) is 17.3. The summed E-state index contributed by atoms with van der Waals surface area (Å²) >= 11 is 0. The van der Waals surface area contributed by atoms with Gasteiger partial charge >= 0.3 is 0 Å². The van der Waals surface area contributed by atoms with E-state index in [-0.39, 0.29) is 11.9 Å². The molecule has 0 saturated heterocycles. The van der Waals surface area contributed by atoms with E-state index in [2.05, 4.69) is 4.98 Å². The van der Waals surface area contributed by atoms with Crippen LogP contribution in [-0.2, 0) is 6.42 Å². The number of ether oxygens (including phenoxy) is 2. The van der Waals surface area contributed by atoms with Gasteiger partial charge in [-0.05, 0) is 31.5 Å². The van der Waals surface area contributed by atoms with E-state index in [9.17, 15) is 4.79 Å². The number of rotatable bonds is 4. The zero-order valence-corrected chi connectivity index (χ0v) is 14.5. The summed E-state index contributed by atoms with van der Waals surface area (Å²) in [5.41, 5.74) is 1.60. The number of amides is 1. The monoisotopic (exact) mass is 330 g/mol. The van der Waals surface area contributed by atoms with E-state index < -0.39 is 0 Å². The molecule has 2 aromatic rings. The molecule has 128 valence electrons. The molecular formula is C18H22N2O4. The van der Waals surface area contributed by atoms with Crippen molar-refractivity contribution in [1.29, 1.82) is 0 Å². The molecule has 1 aliphatic heterocycles. The number of benzene rings is 1. The number of carbonyl (C=O) groups is 1. The van der Waals surface area contributed by atoms with Gasteiger partial charge < -0.3 is 18.8 Å². The van der Waals surface area contributed by atoms with Crippen molar-refractivity contribution in [1.82, 2.24) is 9.88 Å². The van der Waals surface area contributed by atoms with Crippen molar-refractivity contribution in [3.63, 3.8) is 0 Å². The highest BCUT2D eigenvalue weighted by atomic mass is 16.6. The first-order chi connectivity index (χ1) is 11.5. The van der Waals surface area contributed by atoms with Gasteiger partial charge in [0.05, 0.1) is 11.7 Å². The van der Waals surface area contributed by atoms with Gasteiger partial charge in [-0.3, -0.25) is 4.79 Å². The SMILES string of the molecule is CCc1nc(C)c(C(=O)N(C)C(C)c2ccc3c(c2)OCCO3)o1. The topological polar surface area (TPSA) is 64.8 Å². The Hall–Kier alpha value is -2.50. The molecule has 1 unspecified atom stereocenters. The normalized spacial score (nSPS) is 14.3. The van der Waals surface area contributed by atoms with Crippen LogP contribution in [0.25, 0.3) is 0 Å². The molecule has 0 N–H and O–H groups in total. The summed E-state index contributed by atoms with van der Waals surface area (Å²) in [6, 6.07) is 5.62. The maximum absolute atomic E-state index is 12.7. The van der Waals surface area contributed by atoms with Gasteiger partial charge in [0.2, 0.25) is 5.76 Å². The molecule has 1 aromatic carbocycles. The van der Waals surface area contributed by atoms with Gasteiger partial charge in [0.25, 0.3) is 5.91 Å². The van der Waals surface area contributed by atoms with E-state index in [4.69, 9.17) is 13.9 Å². The summed E-state index contributed by atoms with van der Waals surface area (Å²) in [5.74, 6) is 2.16. The van der Waals surface area contributed by atoms with Crippen molar-refractivity contribution in [2.75, 3.05) is 20.3 Å². The number of carbonyl (C=O) groups excluding carboxylic acids is 1. The van der Waals surface area contributed by atoms with Crippen molar-refractivity contribution < 1.29 is 18.7 Å². The minimum absolute atomic E-state index is 0.136. The Morgan fingerprint density at radius 3 is 2.67 bits per heavy atom. The number of hydrogen-bond donors (Lipinski definition) is 0. The predicted molar refractivity (Wildman–Crippen MR) is 88.6 cm³/mol. The number of oxazole rings is 1. The quantitative estimate of drug-likeness (QED) is 0.861. The van der Waals surface area contributed by atoms with E-state index in [1.807, 2.05) is 32.0 Å². The Kier molecular flexibility index (Phi) is 4.46. The van der Waals surface area contributed by atoms with Gasteiger partial charge in [-0.25, -0.2) is 4.98 Å². The Morgan fingerprint density at radius 2 is 2.00 bits per heavy atom. The molecule has 1 amide bonds. The third kappa shape index (κ3) is 2.96. The lowest BCUT2D eigenvalue weighted by molar-refractivity contribution is 0.0707. The van der Waals surface area contributed by atoms with E-state index in [0.29, 0.717) is 37.0 Å². The maximum Gasteiger partial charge on any atom is 0.291 e. The second-order valence-corrected chi connectivity index (χ2v) is 5.87. The van der Waals surface area contributed by atoms with Crippen LogP contribution in [0.1, 0.15) is 47.6 Å². The van der Waals surface area contributed by atoms with Crippen LogP contribution in [0.3, 0.4) is 0 Å². The van der Waals surface area contributed by atoms with Crippen molar-refractivity contribution in [3.05, 3.63) is 41.1 Å². The van der Waals surface area contributed by atoms with E-state index >= 15 is 0 Å². The number of aryl methyl sites for hydroxylation is 2. The Balaban J connectivity index is 1.82. The first-order valence-corrected chi connectivity index (χ1v) is 8.14. The lowest BCUT2D eigenvalue weighted by atomic mass is 10.1. The average molecular weight is 330 g/mol. The lowest BCUT2D eigenvalue weighted by Crippen LogP contribution is -2.30. The number of hydrogen-bond acceptors (Lipinski definition) is 5. The number of fused-ring (bicyclic) bond motifs is 1. The van der Waals surface area contributed by atoms with Crippen LogP contribution in [0.4, 0.5) is 0 Å². The lowest BCUT2D eigenvalue weighted by Gasteiger charge is -2.26. The van der Waals surface area contributed by atoms with Crippen molar-refractivity contribution in [2.24, 2.45) is 0 Å². The summed E-state index contributed by atoms with van der Waals surface area (Å²) < 4.78 is 16.7. The summed E-state index contributed by atoms with van der Waals surface area (Å²) in [4.78, 5) is 18.7. The minimum atomic E-state index is -0.179. The van der Waals surface area contributed by atoms with Crippen LogP contribution in [0, 0.1) is 6.92 Å². The van der Waals surface area contributed by atoms with E-state index in [0.717, 1.165) is 17.1 Å². The fourth-order valence-corrected chi connectivity index (χ4v) is 2.68. The first kappa shape index (κ1) is 16.4. The molecule has 0 bridgehead atoms. The van der Waals surface area contributed by atoms with Crippen LogP contribution < -0.4 is 9.47 Å². The molecule has 1 atom stereocenters. The second-order valence-electron chi connectivity index (χ2n) is 5.87. The first-order valence-electron chi connectivity index (χ1n) is 8.14. The number of nitrogens with zero attached hydrogens (tertiary/aromatic N) is 2. The third-order valence-corrected chi connectivity index (χ3v) is 4.29. The van der Waals surface area contributed by atoms with Crippen LogP contribution in [0.15, 0.2) is 22.6 Å². The fraction of sp³-hybridized carbons (Fsp3) is 0.444. The highest BCUT2D eigenvalue weighted by Gasteiger charge is 2.25. The molecule has 6 nitrogen and oxygen atoms in total. The molecule has 1 aromatic heterocycles. The predicted octanol–water partition coefficient (Wildman–Crippen LogP) is 3.15. The molecule has 6 heteroatoms. The van der Waals surface area contributed by atoms with Gasteiger partial charge in [-0.1, -0.05) is 13.0 Å². The molecule has 0 aliphatic carbocycles. The molecule has 0 saturated carbocycles. The molecule has 2 heterocycles. The molecule has 24 heavy (non-hydrogen) atoms. The van der Waals surface area contributed by atoms with Crippen molar-refractivity contribution in [2.45, 2.75) is 33.2 Å². The Bertz CT molecular complexity index is 753. The standard InChI is InChI=1S/C18H22N2O4/c1-5-16-19-11(2)17(24-16)18(21)20(4)12(3)13-6-7-14-15(10-13)23-9-8-22-14/h6-7,10,12H,5,8-9H2,1-4H3. The molecular weight excluding hydrogens is 308 g/mol. The minimum Gasteiger partial charge on any atom is -0.486 e. The van der Waals surface area contributed by atoms with Crippen LogP contribution in [0.2, 0.25) is 0 Å². The fourth-order valence-electron chi connectivity index (χ4n) is 2.68. The van der Waals surface area contributed by atoms with Gasteiger partial charge in [0, 0.05) is 13.5 Å². The highest BCUT2D eigenvalue weighted by Crippen LogP contribution is 2.34. The molecule has 3 rings (SSSR count). The summed E-state index contributed by atoms with van der Waals surface area (Å²) in [7, 11) is 1.76. The molecule has 0 spiro atoms. The molecule has 0 fully saturated rings. The van der Waals surface area contributed by atoms with Gasteiger partial charge in [0.1, 0.15) is 13.2 Å². The Labute approximate surface area is 141 Å². The summed E-state index contributed by atoms with van der Waals surface area (Å²) in [6.45, 7) is 6.80. The number of aromatic nitrogens is 1. The van der Waals surface area contributed by atoms with Gasteiger partial charge in [-0.2, -0.15) is 0 Å². The van der Waals surface area contributed by atoms with Crippen LogP contribution in [-0.4, -0.2) is 36.1 Å². The molecule has 0 radical (unpaired) electrons. The zero-order valence-electron chi connectivity index (χ0n) is 14.5. The third-order valence-electron chi connectivity index (χ3n) is 4.29. The smallest absolute Gasteiger partial charge is 0.291 e. The molecule has 1 aliphatic rings. The van der Waals surface area contributed by atoms with E-state index in [1.54, 1.807) is 18.9 Å². The largest absolute Gasteiger partial charge is 0.486 e. The van der Waals surface area contributed by atoms with Crippen molar-refractivity contribution >= 4 is 5.91 Å². The second kappa shape index (κ2) is 6.55. The van der Waals surface area contributed by atoms with Crippen LogP contribution in [0.5, 0.6) is 11.5 Å². The van der Waals surface area contributed by atoms with Gasteiger partial charge in [-0.15, -0.1) is 0 Å². The van der Waals surface area contributed by atoms with E-state index in [1.165, 1.54) is 0 Å². The highest BCUT2D eigenvalue weighted by molar-refractivity contribution is 5.92. The maximum atomic E-state index is 12.7. The van der Waals surface area contributed by atoms with Gasteiger partial charge in [0.15, 0.2) is 17.4 Å². The Morgan fingerprint density at radius 1 is 1.29 bits per heavy atom. The summed E-state index contributed by atoms with van der Waals surface area (Å²) in [5, 5.41) is 0. The van der Waals surface area contributed by atoms with Crippen molar-refractivity contribution in [3.8, 4) is 11.5 Å². The average Bonchev–Trinajstić information content (AvgIpc) is 3.00.